The number of rotatable bonds is 2. The van der Waals surface area contributed by atoms with Crippen LogP contribution in [0.2, 0.25) is 0 Å². The lowest BCUT2D eigenvalue weighted by atomic mass is 9.80. The van der Waals surface area contributed by atoms with E-state index in [0.29, 0.717) is 12.0 Å². The van der Waals surface area contributed by atoms with E-state index in [2.05, 4.69) is 68.6 Å². The van der Waals surface area contributed by atoms with E-state index in [1.54, 1.807) is 5.56 Å². The average molecular weight is 265 g/mol. The molecule has 0 spiro atoms. The number of benzene rings is 2. The van der Waals surface area contributed by atoms with Crippen LogP contribution in [-0.4, -0.2) is 6.04 Å². The van der Waals surface area contributed by atoms with Crippen LogP contribution in [0.4, 0.5) is 0 Å². The Morgan fingerprint density at radius 1 is 1.10 bits per heavy atom. The van der Waals surface area contributed by atoms with E-state index >= 15 is 0 Å². The first kappa shape index (κ1) is 13.4. The minimum atomic E-state index is 0.534. The minimum absolute atomic E-state index is 0.534. The molecule has 1 N–H and O–H groups in total. The predicted molar refractivity (Wildman–Crippen MR) is 85.1 cm³/mol. The van der Waals surface area contributed by atoms with Crippen molar-refractivity contribution in [1.29, 1.82) is 0 Å². The highest BCUT2D eigenvalue weighted by molar-refractivity contribution is 5.43. The Balaban J connectivity index is 1.87. The fourth-order valence-electron chi connectivity index (χ4n) is 3.60. The van der Waals surface area contributed by atoms with Gasteiger partial charge in [0.05, 0.1) is 0 Å². The normalized spacial score (nSPS) is 21.6. The summed E-state index contributed by atoms with van der Waals surface area (Å²) in [7, 11) is 0. The molecule has 2 unspecified atom stereocenters. The zero-order chi connectivity index (χ0) is 14.1. The molecule has 104 valence electrons. The second-order valence-electron chi connectivity index (χ2n) is 6.12. The Hall–Kier alpha value is -1.60. The molecule has 0 bridgehead atoms. The van der Waals surface area contributed by atoms with Gasteiger partial charge in [0.1, 0.15) is 0 Å². The average Bonchev–Trinajstić information content (AvgIpc) is 2.42. The van der Waals surface area contributed by atoms with Gasteiger partial charge in [-0.25, -0.2) is 0 Å². The van der Waals surface area contributed by atoms with E-state index in [1.807, 2.05) is 0 Å². The van der Waals surface area contributed by atoms with Gasteiger partial charge >= 0.3 is 0 Å². The van der Waals surface area contributed by atoms with E-state index in [0.717, 1.165) is 13.0 Å². The monoisotopic (exact) mass is 265 g/mol. The predicted octanol–water partition coefficient (Wildman–Crippen LogP) is 4.12. The van der Waals surface area contributed by atoms with Gasteiger partial charge in [-0.1, -0.05) is 55.0 Å². The summed E-state index contributed by atoms with van der Waals surface area (Å²) < 4.78 is 0. The number of hydrogen-bond donors (Lipinski definition) is 1. The van der Waals surface area contributed by atoms with Crippen molar-refractivity contribution in [3.8, 4) is 0 Å². The molecule has 0 aromatic heterocycles. The molecule has 2 atom stereocenters. The molecule has 3 rings (SSSR count). The van der Waals surface area contributed by atoms with Crippen LogP contribution in [0.15, 0.2) is 42.5 Å². The molecule has 0 amide bonds. The molecule has 1 aliphatic heterocycles. The van der Waals surface area contributed by atoms with E-state index < -0.39 is 0 Å². The Bertz CT molecular complexity index is 601. The van der Waals surface area contributed by atoms with Crippen LogP contribution >= 0.6 is 0 Å². The molecule has 1 heteroatoms. The first-order valence-electron chi connectivity index (χ1n) is 7.52. The Morgan fingerprint density at radius 2 is 1.85 bits per heavy atom. The van der Waals surface area contributed by atoms with E-state index in [-0.39, 0.29) is 0 Å². The first-order valence-corrected chi connectivity index (χ1v) is 7.52. The van der Waals surface area contributed by atoms with Gasteiger partial charge in [-0.05, 0) is 48.4 Å². The maximum Gasteiger partial charge on any atom is 0.0211 e. The van der Waals surface area contributed by atoms with Gasteiger partial charge in [0.25, 0.3) is 0 Å². The van der Waals surface area contributed by atoms with Crippen LogP contribution in [-0.2, 0) is 13.0 Å². The van der Waals surface area contributed by atoms with Crippen LogP contribution in [0, 0.1) is 13.8 Å². The summed E-state index contributed by atoms with van der Waals surface area (Å²) in [6.07, 6.45) is 1.11. The fraction of sp³-hybridized carbons (Fsp3) is 0.368. The lowest BCUT2D eigenvalue weighted by molar-refractivity contribution is 0.416. The Labute approximate surface area is 122 Å². The molecule has 1 heterocycles. The fourth-order valence-corrected chi connectivity index (χ4v) is 3.60. The van der Waals surface area contributed by atoms with Crippen molar-refractivity contribution in [3.05, 3.63) is 70.3 Å². The van der Waals surface area contributed by atoms with Crippen LogP contribution in [0.1, 0.15) is 40.7 Å². The number of fused-ring (bicyclic) bond motifs is 1. The van der Waals surface area contributed by atoms with Crippen molar-refractivity contribution in [3.63, 3.8) is 0 Å². The molecule has 1 aliphatic rings. The van der Waals surface area contributed by atoms with Gasteiger partial charge in [-0.2, -0.15) is 0 Å². The van der Waals surface area contributed by atoms with Crippen molar-refractivity contribution in [1.82, 2.24) is 5.32 Å². The summed E-state index contributed by atoms with van der Waals surface area (Å²) in [6.45, 7) is 7.81. The summed E-state index contributed by atoms with van der Waals surface area (Å²) in [5.74, 6) is 0.569. The summed E-state index contributed by atoms with van der Waals surface area (Å²) in [4.78, 5) is 0. The van der Waals surface area contributed by atoms with Crippen LogP contribution < -0.4 is 5.32 Å². The van der Waals surface area contributed by atoms with Gasteiger partial charge in [0.15, 0.2) is 0 Å². The standard InChI is InChI=1S/C19H23N/c1-13-9-14(2)19-15(3)18(20-12-17(19)10-13)11-16-7-5-4-6-8-16/h4-10,15,18,20H,11-12H2,1-3H3. The molecule has 2 aromatic rings. The number of hydrogen-bond acceptors (Lipinski definition) is 1. The van der Waals surface area contributed by atoms with Crippen molar-refractivity contribution in [2.75, 3.05) is 0 Å². The van der Waals surface area contributed by atoms with E-state index in [1.165, 1.54) is 22.3 Å². The lowest BCUT2D eigenvalue weighted by Crippen LogP contribution is -2.40. The molecule has 20 heavy (non-hydrogen) atoms. The maximum absolute atomic E-state index is 3.73. The molecule has 0 aliphatic carbocycles. The smallest absolute Gasteiger partial charge is 0.0211 e. The van der Waals surface area contributed by atoms with Crippen LogP contribution in [0.5, 0.6) is 0 Å². The summed E-state index contributed by atoms with van der Waals surface area (Å²) in [5, 5.41) is 3.73. The van der Waals surface area contributed by atoms with Crippen molar-refractivity contribution < 1.29 is 0 Å². The molecule has 0 fully saturated rings. The topological polar surface area (TPSA) is 12.0 Å². The third-order valence-corrected chi connectivity index (χ3v) is 4.53. The first-order chi connectivity index (χ1) is 9.65. The van der Waals surface area contributed by atoms with E-state index in [9.17, 15) is 0 Å². The van der Waals surface area contributed by atoms with Gasteiger partial charge in [-0.3, -0.25) is 0 Å². The molecule has 1 nitrogen and oxygen atoms in total. The molecular weight excluding hydrogens is 242 g/mol. The molecular formula is C19H23N. The van der Waals surface area contributed by atoms with Crippen molar-refractivity contribution in [2.45, 2.75) is 45.7 Å². The van der Waals surface area contributed by atoms with Gasteiger partial charge < -0.3 is 5.32 Å². The molecule has 0 saturated heterocycles. The third-order valence-electron chi connectivity index (χ3n) is 4.53. The van der Waals surface area contributed by atoms with Crippen molar-refractivity contribution in [2.24, 2.45) is 0 Å². The quantitative estimate of drug-likeness (QED) is 0.861. The van der Waals surface area contributed by atoms with Gasteiger partial charge in [-0.15, -0.1) is 0 Å². The van der Waals surface area contributed by atoms with E-state index in [4.69, 9.17) is 0 Å². The summed E-state index contributed by atoms with van der Waals surface area (Å²) in [6, 6.07) is 16.0. The highest BCUT2D eigenvalue weighted by Crippen LogP contribution is 2.32. The maximum atomic E-state index is 3.73. The lowest BCUT2D eigenvalue weighted by Gasteiger charge is -2.34. The van der Waals surface area contributed by atoms with Gasteiger partial charge in [0.2, 0.25) is 0 Å². The molecule has 0 saturated carbocycles. The zero-order valence-corrected chi connectivity index (χ0v) is 12.6. The highest BCUT2D eigenvalue weighted by Gasteiger charge is 2.27. The van der Waals surface area contributed by atoms with Crippen LogP contribution in [0.3, 0.4) is 0 Å². The number of nitrogens with one attached hydrogen (secondary N) is 1. The minimum Gasteiger partial charge on any atom is -0.309 e. The van der Waals surface area contributed by atoms with Crippen molar-refractivity contribution >= 4 is 0 Å². The van der Waals surface area contributed by atoms with Gasteiger partial charge in [0, 0.05) is 12.6 Å². The third kappa shape index (κ3) is 2.51. The van der Waals surface area contributed by atoms with Crippen LogP contribution in [0.25, 0.3) is 0 Å². The Kier molecular flexibility index (Phi) is 3.62. The summed E-state index contributed by atoms with van der Waals surface area (Å²) >= 11 is 0. The Morgan fingerprint density at radius 3 is 2.60 bits per heavy atom. The zero-order valence-electron chi connectivity index (χ0n) is 12.6. The second kappa shape index (κ2) is 5.41. The second-order valence-corrected chi connectivity index (χ2v) is 6.12. The number of aryl methyl sites for hydroxylation is 2. The summed E-state index contributed by atoms with van der Waals surface area (Å²) in [5.41, 5.74) is 7.29. The largest absolute Gasteiger partial charge is 0.309 e. The SMILES string of the molecule is Cc1cc(C)c2c(c1)CNC(Cc1ccccc1)C2C. The molecule has 0 radical (unpaired) electrons. The molecule has 2 aromatic carbocycles. The highest BCUT2D eigenvalue weighted by atomic mass is 14.9.